The maximum Gasteiger partial charge on any atom is 0.407 e. The van der Waals surface area contributed by atoms with Gasteiger partial charge in [-0.25, -0.2) is 4.79 Å². The fraction of sp³-hybridized carbons (Fsp3) is 0.933. The van der Waals surface area contributed by atoms with Crippen molar-refractivity contribution in [2.45, 2.75) is 59.6 Å². The van der Waals surface area contributed by atoms with Gasteiger partial charge in [-0.3, -0.25) is 0 Å². The number of carbonyl (C=O) groups excluding carboxylic acids is 1. The van der Waals surface area contributed by atoms with Crippen LogP contribution >= 0.6 is 0 Å². The van der Waals surface area contributed by atoms with Crippen molar-refractivity contribution in [2.75, 3.05) is 19.7 Å². The second-order valence-corrected chi connectivity index (χ2v) is 6.58. The lowest BCUT2D eigenvalue weighted by molar-refractivity contribution is 0.0514. The van der Waals surface area contributed by atoms with Gasteiger partial charge in [0.2, 0.25) is 0 Å². The molecule has 0 aliphatic heterocycles. The van der Waals surface area contributed by atoms with Crippen LogP contribution in [0, 0.1) is 11.8 Å². The van der Waals surface area contributed by atoms with Gasteiger partial charge in [-0.15, -0.1) is 0 Å². The number of hydrogen-bond acceptors (Lipinski definition) is 4. The molecule has 0 radical (unpaired) electrons. The van der Waals surface area contributed by atoms with E-state index in [0.717, 1.165) is 13.0 Å². The molecule has 0 saturated heterocycles. The van der Waals surface area contributed by atoms with Gasteiger partial charge in [0.1, 0.15) is 5.60 Å². The molecule has 5 heteroatoms. The first-order chi connectivity index (χ1) is 9.19. The first-order valence-corrected chi connectivity index (χ1v) is 7.50. The van der Waals surface area contributed by atoms with Gasteiger partial charge in [-0.2, -0.15) is 0 Å². The molecule has 0 aromatic carbocycles. The molecule has 2 unspecified atom stereocenters. The Bertz CT molecular complexity index is 271. The molecule has 120 valence electrons. The summed E-state index contributed by atoms with van der Waals surface area (Å²) in [5.41, 5.74) is -0.472. The third-order valence-corrected chi connectivity index (χ3v) is 3.23. The molecule has 0 aliphatic rings. The summed E-state index contributed by atoms with van der Waals surface area (Å²) in [6.45, 7) is 13.3. The molecular formula is C15H32N2O3. The Balaban J connectivity index is 4.18. The third-order valence-electron chi connectivity index (χ3n) is 3.23. The van der Waals surface area contributed by atoms with Crippen molar-refractivity contribution in [3.05, 3.63) is 0 Å². The molecule has 5 nitrogen and oxygen atoms in total. The van der Waals surface area contributed by atoms with E-state index in [0.29, 0.717) is 18.4 Å². The van der Waals surface area contributed by atoms with Crippen LogP contribution in [-0.2, 0) is 4.74 Å². The second kappa shape index (κ2) is 9.19. The second-order valence-electron chi connectivity index (χ2n) is 6.58. The molecule has 0 bridgehead atoms. The zero-order chi connectivity index (χ0) is 15.8. The highest BCUT2D eigenvalue weighted by Crippen LogP contribution is 2.11. The van der Waals surface area contributed by atoms with E-state index in [2.05, 4.69) is 24.5 Å². The summed E-state index contributed by atoms with van der Waals surface area (Å²) in [6, 6.07) is 0.123. The van der Waals surface area contributed by atoms with Crippen molar-refractivity contribution in [3.63, 3.8) is 0 Å². The number of hydrogen-bond donors (Lipinski definition) is 3. The minimum atomic E-state index is -0.472. The molecule has 0 fully saturated rings. The number of aliphatic hydroxyl groups excluding tert-OH is 1. The lowest BCUT2D eigenvalue weighted by atomic mass is 9.95. The van der Waals surface area contributed by atoms with Crippen molar-refractivity contribution in [1.29, 1.82) is 0 Å². The monoisotopic (exact) mass is 288 g/mol. The molecule has 3 N–H and O–H groups in total. The van der Waals surface area contributed by atoms with Crippen LogP contribution in [0.25, 0.3) is 0 Å². The van der Waals surface area contributed by atoms with Gasteiger partial charge in [0, 0.05) is 19.1 Å². The molecule has 0 aromatic rings. The Morgan fingerprint density at radius 1 is 1.25 bits per heavy atom. The standard InChI is InChI=1S/C15H32N2O3/c1-7-13(10-18)16-8-12(11(2)3)9-17-14(19)20-15(4,5)6/h11-13,16,18H,7-10H2,1-6H3,(H,17,19). The van der Waals surface area contributed by atoms with Crippen LogP contribution in [0.1, 0.15) is 48.0 Å². The maximum absolute atomic E-state index is 11.6. The molecule has 0 aromatic heterocycles. The van der Waals surface area contributed by atoms with E-state index < -0.39 is 5.60 Å². The maximum atomic E-state index is 11.6. The third kappa shape index (κ3) is 9.15. The summed E-state index contributed by atoms with van der Waals surface area (Å²) in [5, 5.41) is 15.3. The molecule has 0 spiro atoms. The van der Waals surface area contributed by atoms with Crippen LogP contribution < -0.4 is 10.6 Å². The Hall–Kier alpha value is -0.810. The van der Waals surface area contributed by atoms with Crippen molar-refractivity contribution >= 4 is 6.09 Å². The van der Waals surface area contributed by atoms with Gasteiger partial charge in [0.15, 0.2) is 0 Å². The predicted molar refractivity (Wildman–Crippen MR) is 81.7 cm³/mol. The number of nitrogens with one attached hydrogen (secondary N) is 2. The van der Waals surface area contributed by atoms with Gasteiger partial charge in [-0.1, -0.05) is 20.8 Å². The highest BCUT2D eigenvalue weighted by molar-refractivity contribution is 5.67. The van der Waals surface area contributed by atoms with E-state index in [4.69, 9.17) is 4.74 Å². The number of alkyl carbamates (subject to hydrolysis) is 1. The fourth-order valence-corrected chi connectivity index (χ4v) is 1.73. The van der Waals surface area contributed by atoms with Crippen molar-refractivity contribution < 1.29 is 14.6 Å². The van der Waals surface area contributed by atoms with E-state index >= 15 is 0 Å². The summed E-state index contributed by atoms with van der Waals surface area (Å²) >= 11 is 0. The Morgan fingerprint density at radius 2 is 1.85 bits per heavy atom. The largest absolute Gasteiger partial charge is 0.444 e. The molecule has 0 saturated carbocycles. The molecule has 0 aliphatic carbocycles. The molecule has 2 atom stereocenters. The van der Waals surface area contributed by atoms with Gasteiger partial charge in [0.25, 0.3) is 0 Å². The normalized spacial score (nSPS) is 15.0. The summed E-state index contributed by atoms with van der Waals surface area (Å²) in [5.74, 6) is 0.747. The first kappa shape index (κ1) is 19.2. The van der Waals surface area contributed by atoms with E-state index in [1.54, 1.807) is 0 Å². The van der Waals surface area contributed by atoms with Crippen LogP contribution in [0.2, 0.25) is 0 Å². The van der Waals surface area contributed by atoms with Gasteiger partial charge in [0.05, 0.1) is 6.61 Å². The number of amides is 1. The topological polar surface area (TPSA) is 70.6 Å². The molecule has 0 heterocycles. The van der Waals surface area contributed by atoms with Crippen molar-refractivity contribution in [3.8, 4) is 0 Å². The fourth-order valence-electron chi connectivity index (χ4n) is 1.73. The minimum absolute atomic E-state index is 0.123. The average molecular weight is 288 g/mol. The number of ether oxygens (including phenoxy) is 1. The van der Waals surface area contributed by atoms with Gasteiger partial charge < -0.3 is 20.5 Å². The van der Waals surface area contributed by atoms with Crippen molar-refractivity contribution in [2.24, 2.45) is 11.8 Å². The summed E-state index contributed by atoms with van der Waals surface area (Å²) in [6.07, 6.45) is 0.512. The Morgan fingerprint density at radius 3 is 2.25 bits per heavy atom. The lowest BCUT2D eigenvalue weighted by Gasteiger charge is -2.25. The lowest BCUT2D eigenvalue weighted by Crippen LogP contribution is -2.42. The minimum Gasteiger partial charge on any atom is -0.444 e. The first-order valence-electron chi connectivity index (χ1n) is 7.50. The smallest absolute Gasteiger partial charge is 0.407 e. The SMILES string of the molecule is CCC(CO)NCC(CNC(=O)OC(C)(C)C)C(C)C. The average Bonchev–Trinajstić information content (AvgIpc) is 2.31. The van der Waals surface area contributed by atoms with E-state index in [9.17, 15) is 9.90 Å². The summed E-state index contributed by atoms with van der Waals surface area (Å²) < 4.78 is 5.23. The number of carbonyl (C=O) groups is 1. The zero-order valence-electron chi connectivity index (χ0n) is 13.8. The molecule has 0 rings (SSSR count). The summed E-state index contributed by atoms with van der Waals surface area (Å²) in [7, 11) is 0. The van der Waals surface area contributed by atoms with E-state index in [1.807, 2.05) is 27.7 Å². The van der Waals surface area contributed by atoms with Crippen molar-refractivity contribution in [1.82, 2.24) is 10.6 Å². The van der Waals surface area contributed by atoms with Crippen LogP contribution in [0.4, 0.5) is 4.79 Å². The quantitative estimate of drug-likeness (QED) is 0.640. The number of rotatable bonds is 8. The molecule has 1 amide bonds. The molecule has 20 heavy (non-hydrogen) atoms. The van der Waals surface area contributed by atoms with Crippen LogP contribution in [0.5, 0.6) is 0 Å². The summed E-state index contributed by atoms with van der Waals surface area (Å²) in [4.78, 5) is 11.6. The predicted octanol–water partition coefficient (Wildman–Crippen LogP) is 2.14. The van der Waals surface area contributed by atoms with Crippen LogP contribution in [-0.4, -0.2) is 42.5 Å². The zero-order valence-corrected chi connectivity index (χ0v) is 13.8. The Kier molecular flexibility index (Phi) is 8.81. The van der Waals surface area contributed by atoms with Gasteiger partial charge in [-0.05, 0) is 39.0 Å². The highest BCUT2D eigenvalue weighted by Gasteiger charge is 2.19. The highest BCUT2D eigenvalue weighted by atomic mass is 16.6. The van der Waals surface area contributed by atoms with E-state index in [1.165, 1.54) is 0 Å². The molecular weight excluding hydrogens is 256 g/mol. The van der Waals surface area contributed by atoms with Crippen LogP contribution in [0.3, 0.4) is 0 Å². The van der Waals surface area contributed by atoms with Gasteiger partial charge >= 0.3 is 6.09 Å². The van der Waals surface area contributed by atoms with Crippen LogP contribution in [0.15, 0.2) is 0 Å². The number of aliphatic hydroxyl groups is 1. The van der Waals surface area contributed by atoms with E-state index in [-0.39, 0.29) is 18.7 Å². The Labute approximate surface area is 123 Å².